The molecule has 4 rings (SSSR count). The van der Waals surface area contributed by atoms with Crippen LogP contribution in [-0.4, -0.2) is 50.2 Å². The van der Waals surface area contributed by atoms with Crippen molar-refractivity contribution in [3.8, 4) is 17.0 Å². The van der Waals surface area contributed by atoms with Crippen LogP contribution in [0.3, 0.4) is 0 Å². The maximum absolute atomic E-state index is 12.9. The van der Waals surface area contributed by atoms with Crippen LogP contribution in [0.15, 0.2) is 52.7 Å². The minimum absolute atomic E-state index is 0.0722. The second-order valence-electron chi connectivity index (χ2n) is 7.69. The summed E-state index contributed by atoms with van der Waals surface area (Å²) in [7, 11) is -3.82. The second kappa shape index (κ2) is 8.96. The number of ether oxygens (including phenoxy) is 1. The first-order valence-electron chi connectivity index (χ1n) is 10.2. The highest BCUT2D eigenvalue weighted by Gasteiger charge is 2.32. The summed E-state index contributed by atoms with van der Waals surface area (Å²) in [6.07, 6.45) is -4.83. The molecule has 33 heavy (non-hydrogen) atoms. The molecule has 6 nitrogen and oxygen atoms in total. The predicted octanol–water partition coefficient (Wildman–Crippen LogP) is 4.84. The Balaban J connectivity index is 1.43. The molecule has 0 radical (unpaired) electrons. The molecule has 0 N–H and O–H groups in total. The zero-order chi connectivity index (χ0) is 23.8. The summed E-state index contributed by atoms with van der Waals surface area (Å²) in [6, 6.07) is 10.4. The van der Waals surface area contributed by atoms with E-state index in [-0.39, 0.29) is 18.0 Å². The van der Waals surface area contributed by atoms with Crippen molar-refractivity contribution in [1.29, 1.82) is 0 Å². The van der Waals surface area contributed by atoms with Crippen LogP contribution >= 0.6 is 11.3 Å². The van der Waals surface area contributed by atoms with Crippen molar-refractivity contribution >= 4 is 26.5 Å². The van der Waals surface area contributed by atoms with E-state index < -0.39 is 22.1 Å². The lowest BCUT2D eigenvalue weighted by atomic mass is 10.0. The molecule has 1 aliphatic heterocycles. The molecule has 1 aliphatic rings. The second-order valence-corrected chi connectivity index (χ2v) is 10.5. The fourth-order valence-electron chi connectivity index (χ4n) is 3.82. The Morgan fingerprint density at radius 1 is 0.970 bits per heavy atom. The fourth-order valence-corrected chi connectivity index (χ4v) is 6.12. The van der Waals surface area contributed by atoms with Gasteiger partial charge in [0.25, 0.3) is 0 Å². The van der Waals surface area contributed by atoms with E-state index in [1.807, 2.05) is 42.3 Å². The van der Waals surface area contributed by atoms with E-state index >= 15 is 0 Å². The summed E-state index contributed by atoms with van der Waals surface area (Å²) in [5.41, 5.74) is 4.31. The summed E-state index contributed by atoms with van der Waals surface area (Å²) in [6.45, 7) is 5.53. The first kappa shape index (κ1) is 23.5. The SMILES string of the molecule is Cc1cccc(C)c1-c1csc(N2CCN(S(=O)(=O)c3ccc(OC(F)(F)F)cc3)CC2)n1. The molecule has 0 atom stereocenters. The van der Waals surface area contributed by atoms with Gasteiger partial charge in [0, 0.05) is 37.1 Å². The summed E-state index contributed by atoms with van der Waals surface area (Å²) in [4.78, 5) is 6.76. The molecule has 0 aliphatic carbocycles. The number of hydrogen-bond donors (Lipinski definition) is 0. The number of aryl methyl sites for hydroxylation is 2. The van der Waals surface area contributed by atoms with Crippen molar-refractivity contribution in [3.05, 3.63) is 59.0 Å². The smallest absolute Gasteiger partial charge is 0.406 e. The number of anilines is 1. The number of alkyl halides is 3. The third kappa shape index (κ3) is 5.15. The highest BCUT2D eigenvalue weighted by molar-refractivity contribution is 7.89. The molecule has 2 heterocycles. The lowest BCUT2D eigenvalue weighted by Gasteiger charge is -2.33. The van der Waals surface area contributed by atoms with Crippen LogP contribution in [0, 0.1) is 13.8 Å². The van der Waals surface area contributed by atoms with Gasteiger partial charge >= 0.3 is 6.36 Å². The molecule has 0 amide bonds. The largest absolute Gasteiger partial charge is 0.573 e. The van der Waals surface area contributed by atoms with Gasteiger partial charge in [0.15, 0.2) is 5.13 Å². The van der Waals surface area contributed by atoms with Crippen LogP contribution in [0.4, 0.5) is 18.3 Å². The zero-order valence-corrected chi connectivity index (χ0v) is 19.6. The van der Waals surface area contributed by atoms with Crippen molar-refractivity contribution < 1.29 is 26.3 Å². The molecule has 0 unspecified atom stereocenters. The molecule has 0 spiro atoms. The third-order valence-corrected chi connectivity index (χ3v) is 8.25. The Hall–Kier alpha value is -2.63. The summed E-state index contributed by atoms with van der Waals surface area (Å²) in [5.74, 6) is -0.463. The van der Waals surface area contributed by atoms with Gasteiger partial charge in [0.2, 0.25) is 10.0 Å². The van der Waals surface area contributed by atoms with E-state index in [2.05, 4.69) is 4.74 Å². The van der Waals surface area contributed by atoms with Crippen molar-refractivity contribution in [2.75, 3.05) is 31.1 Å². The van der Waals surface area contributed by atoms with Gasteiger partial charge in [0.05, 0.1) is 10.6 Å². The van der Waals surface area contributed by atoms with E-state index in [4.69, 9.17) is 4.98 Å². The van der Waals surface area contributed by atoms with Gasteiger partial charge in [-0.2, -0.15) is 4.31 Å². The average Bonchev–Trinajstić information content (AvgIpc) is 3.23. The quantitative estimate of drug-likeness (QED) is 0.505. The molecule has 1 saturated heterocycles. The molecule has 0 bridgehead atoms. The Labute approximate surface area is 194 Å². The average molecular weight is 498 g/mol. The Morgan fingerprint density at radius 3 is 2.15 bits per heavy atom. The molecular formula is C22H22F3N3O3S2. The zero-order valence-electron chi connectivity index (χ0n) is 18.0. The van der Waals surface area contributed by atoms with Gasteiger partial charge in [-0.1, -0.05) is 18.2 Å². The van der Waals surface area contributed by atoms with Gasteiger partial charge in [-0.25, -0.2) is 13.4 Å². The first-order valence-corrected chi connectivity index (χ1v) is 12.5. The predicted molar refractivity (Wildman–Crippen MR) is 121 cm³/mol. The minimum atomic E-state index is -4.83. The molecule has 1 fully saturated rings. The number of aromatic nitrogens is 1. The molecule has 176 valence electrons. The number of piperazine rings is 1. The molecule has 3 aromatic rings. The van der Waals surface area contributed by atoms with Crippen molar-refractivity contribution in [3.63, 3.8) is 0 Å². The Kier molecular flexibility index (Phi) is 6.39. The van der Waals surface area contributed by atoms with Crippen LogP contribution in [-0.2, 0) is 10.0 Å². The van der Waals surface area contributed by atoms with Gasteiger partial charge in [-0.15, -0.1) is 24.5 Å². The van der Waals surface area contributed by atoms with E-state index in [0.29, 0.717) is 13.1 Å². The van der Waals surface area contributed by atoms with Crippen molar-refractivity contribution in [1.82, 2.24) is 9.29 Å². The van der Waals surface area contributed by atoms with Crippen LogP contribution in [0.5, 0.6) is 5.75 Å². The number of nitrogens with zero attached hydrogens (tertiary/aromatic N) is 3. The molecule has 11 heteroatoms. The van der Waals surface area contributed by atoms with Crippen LogP contribution in [0.25, 0.3) is 11.3 Å². The van der Waals surface area contributed by atoms with Gasteiger partial charge in [-0.3, -0.25) is 0 Å². The van der Waals surface area contributed by atoms with E-state index in [0.717, 1.165) is 51.8 Å². The number of halogens is 3. The Bertz CT molecular complexity index is 1210. The Morgan fingerprint density at radius 2 is 1.58 bits per heavy atom. The fraction of sp³-hybridized carbons (Fsp3) is 0.318. The first-order chi connectivity index (χ1) is 15.5. The lowest BCUT2D eigenvalue weighted by Crippen LogP contribution is -2.48. The van der Waals surface area contributed by atoms with Crippen LogP contribution in [0.1, 0.15) is 11.1 Å². The van der Waals surface area contributed by atoms with E-state index in [1.165, 1.54) is 15.6 Å². The number of hydrogen-bond acceptors (Lipinski definition) is 6. The van der Waals surface area contributed by atoms with Crippen LogP contribution < -0.4 is 9.64 Å². The van der Waals surface area contributed by atoms with E-state index in [1.54, 1.807) is 0 Å². The molecular weight excluding hydrogens is 475 g/mol. The third-order valence-electron chi connectivity index (χ3n) is 5.43. The minimum Gasteiger partial charge on any atom is -0.406 e. The molecule has 1 aromatic heterocycles. The number of sulfonamides is 1. The highest BCUT2D eigenvalue weighted by Crippen LogP contribution is 2.32. The summed E-state index contributed by atoms with van der Waals surface area (Å²) in [5, 5.41) is 2.84. The number of benzene rings is 2. The summed E-state index contributed by atoms with van der Waals surface area (Å²) >= 11 is 1.52. The maximum Gasteiger partial charge on any atom is 0.573 e. The monoisotopic (exact) mass is 497 g/mol. The number of thiazole rings is 1. The van der Waals surface area contributed by atoms with Crippen LogP contribution in [0.2, 0.25) is 0 Å². The number of rotatable bonds is 5. The molecule has 2 aromatic carbocycles. The topological polar surface area (TPSA) is 62.7 Å². The van der Waals surface area contributed by atoms with E-state index in [9.17, 15) is 21.6 Å². The summed E-state index contributed by atoms with van der Waals surface area (Å²) < 4.78 is 68.0. The highest BCUT2D eigenvalue weighted by atomic mass is 32.2. The van der Waals surface area contributed by atoms with Gasteiger partial charge in [-0.05, 0) is 49.2 Å². The van der Waals surface area contributed by atoms with Crippen molar-refractivity contribution in [2.24, 2.45) is 0 Å². The molecule has 0 saturated carbocycles. The lowest BCUT2D eigenvalue weighted by molar-refractivity contribution is -0.274. The standard InChI is InChI=1S/C22H22F3N3O3S2/c1-15-4-3-5-16(2)20(15)19-14-32-21(26-19)27-10-12-28(13-11-27)33(29,30)18-8-6-17(7-9-18)31-22(23,24)25/h3-9,14H,10-13H2,1-2H3. The van der Waals surface area contributed by atoms with Gasteiger partial charge < -0.3 is 9.64 Å². The van der Waals surface area contributed by atoms with Gasteiger partial charge in [0.1, 0.15) is 5.75 Å². The maximum atomic E-state index is 12.9. The normalized spacial score (nSPS) is 15.6. The van der Waals surface area contributed by atoms with Crippen molar-refractivity contribution in [2.45, 2.75) is 25.1 Å².